The van der Waals surface area contributed by atoms with Crippen LogP contribution in [0.15, 0.2) is 6.07 Å². The van der Waals surface area contributed by atoms with Crippen LogP contribution >= 0.6 is 0 Å². The van der Waals surface area contributed by atoms with Crippen molar-refractivity contribution in [2.24, 2.45) is 0 Å². The van der Waals surface area contributed by atoms with Crippen molar-refractivity contribution in [1.82, 2.24) is 4.98 Å². The number of benzene rings is 4. The highest BCUT2D eigenvalue weighted by Crippen LogP contribution is 2.47. The molecule has 0 aliphatic carbocycles. The molecule has 0 atom stereocenters. The van der Waals surface area contributed by atoms with E-state index in [0.717, 1.165) is 0 Å². The molecule has 0 saturated carbocycles. The fourth-order valence-electron chi connectivity index (χ4n) is 4.30. The zero-order valence-corrected chi connectivity index (χ0v) is 19.6. The van der Waals surface area contributed by atoms with Gasteiger partial charge in [0.25, 0.3) is 0 Å². The molecule has 0 aliphatic rings. The van der Waals surface area contributed by atoms with Gasteiger partial charge in [0.05, 0.1) is 22.9 Å². The topological polar surface area (TPSA) is 15.8 Å². The number of hydrogen-bond acceptors (Lipinski definition) is 0. The standard InChI is InChI=1S/C26H2F16N/c27-11-3(7-12(28)18(34)24(40)19(35)13(7)29)1-5-6(9(11)10-16(32)22(38)26(42)23(39)17(10)33)4(2-43-5)8-14(30)20(36)25(41)21(37)15(8)31/h1,43H. The zero-order chi connectivity index (χ0) is 32.0. The van der Waals surface area contributed by atoms with Crippen molar-refractivity contribution in [1.29, 1.82) is 0 Å². The Kier molecular flexibility index (Phi) is 6.89. The minimum absolute atomic E-state index is 0.0878. The van der Waals surface area contributed by atoms with Crippen molar-refractivity contribution in [3.05, 3.63) is 105 Å². The summed E-state index contributed by atoms with van der Waals surface area (Å²) in [5.41, 5.74) is -12.9. The average Bonchev–Trinajstić information content (AvgIpc) is 3.39. The Labute approximate surface area is 225 Å². The summed E-state index contributed by atoms with van der Waals surface area (Å²) in [5.74, 6) is -43.6. The molecule has 0 unspecified atom stereocenters. The molecule has 1 aromatic heterocycles. The predicted octanol–water partition coefficient (Wildman–Crippen LogP) is 9.19. The van der Waals surface area contributed by atoms with Crippen LogP contribution in [-0.4, -0.2) is 4.98 Å². The van der Waals surface area contributed by atoms with Crippen LogP contribution in [0.4, 0.5) is 70.2 Å². The second-order valence-electron chi connectivity index (χ2n) is 8.50. The maximum atomic E-state index is 16.1. The van der Waals surface area contributed by atoms with E-state index < -0.39 is 137 Å². The summed E-state index contributed by atoms with van der Waals surface area (Å²) in [4.78, 5) is 1.82. The fourth-order valence-corrected chi connectivity index (χ4v) is 4.30. The largest absolute Gasteiger partial charge is 0.353 e. The molecule has 1 radical (unpaired) electrons. The van der Waals surface area contributed by atoms with E-state index >= 15 is 4.39 Å². The summed E-state index contributed by atoms with van der Waals surface area (Å²) >= 11 is 0. The molecule has 5 aromatic rings. The molecule has 0 amide bonds. The predicted molar refractivity (Wildman–Crippen MR) is 113 cm³/mol. The molecule has 223 valence electrons. The Morgan fingerprint density at radius 2 is 0.674 bits per heavy atom. The smallest absolute Gasteiger partial charge is 0.200 e. The fraction of sp³-hybridized carbons (Fsp3) is 0. The maximum Gasteiger partial charge on any atom is 0.200 e. The summed E-state index contributed by atoms with van der Waals surface area (Å²) in [7, 11) is 0. The SMILES string of the molecule is Fc1c(F)c(F)c(-c2cc3[nH][c]c(-c4c(F)c(F)c(F)c(F)c4F)c3c(-c3c(F)c(F)c(F)c(F)c3F)c2F)c(F)c1F. The highest BCUT2D eigenvalue weighted by Gasteiger charge is 2.36. The van der Waals surface area contributed by atoms with Gasteiger partial charge in [-0.25, -0.2) is 70.2 Å². The van der Waals surface area contributed by atoms with E-state index in [1.165, 1.54) is 0 Å². The lowest BCUT2D eigenvalue weighted by Gasteiger charge is -2.17. The second kappa shape index (κ2) is 9.95. The minimum Gasteiger partial charge on any atom is -0.353 e. The van der Waals surface area contributed by atoms with E-state index in [4.69, 9.17) is 0 Å². The first kappa shape index (κ1) is 29.8. The van der Waals surface area contributed by atoms with Crippen molar-refractivity contribution in [2.75, 3.05) is 0 Å². The number of H-pyrrole nitrogens is 1. The molecule has 1 N–H and O–H groups in total. The normalized spacial score (nSPS) is 11.7. The van der Waals surface area contributed by atoms with Crippen molar-refractivity contribution in [2.45, 2.75) is 0 Å². The summed E-state index contributed by atoms with van der Waals surface area (Å²) in [6, 6.07) is 0.0878. The minimum atomic E-state index is -2.86. The van der Waals surface area contributed by atoms with Crippen LogP contribution in [0.5, 0.6) is 0 Å². The zero-order valence-electron chi connectivity index (χ0n) is 19.6. The van der Waals surface area contributed by atoms with Gasteiger partial charge < -0.3 is 4.98 Å². The van der Waals surface area contributed by atoms with Crippen LogP contribution < -0.4 is 0 Å². The summed E-state index contributed by atoms with van der Waals surface area (Å²) in [5, 5.41) is -1.46. The maximum absolute atomic E-state index is 16.1. The average molecular weight is 632 g/mol. The lowest BCUT2D eigenvalue weighted by molar-refractivity contribution is 0.380. The van der Waals surface area contributed by atoms with Crippen molar-refractivity contribution in [3.8, 4) is 33.4 Å². The molecular formula is C26H2F16N. The molecule has 5 rings (SSSR count). The van der Waals surface area contributed by atoms with Gasteiger partial charge in [0.2, 0.25) is 17.5 Å². The van der Waals surface area contributed by atoms with E-state index in [9.17, 15) is 65.9 Å². The Morgan fingerprint density at radius 1 is 0.349 bits per heavy atom. The van der Waals surface area contributed by atoms with Crippen LogP contribution in [0, 0.1) is 99.3 Å². The number of hydrogen-bond donors (Lipinski definition) is 1. The molecule has 43 heavy (non-hydrogen) atoms. The molecular weight excluding hydrogens is 630 g/mol. The lowest BCUT2D eigenvalue weighted by Crippen LogP contribution is -2.08. The van der Waals surface area contributed by atoms with Gasteiger partial charge in [0, 0.05) is 27.6 Å². The highest BCUT2D eigenvalue weighted by molar-refractivity contribution is 6.08. The van der Waals surface area contributed by atoms with Gasteiger partial charge >= 0.3 is 0 Å². The number of aromatic nitrogens is 1. The Balaban J connectivity index is 2.07. The molecule has 0 spiro atoms. The number of fused-ring (bicyclic) bond motifs is 1. The monoisotopic (exact) mass is 632 g/mol. The molecule has 0 bridgehead atoms. The van der Waals surface area contributed by atoms with Crippen LogP contribution in [-0.2, 0) is 0 Å². The Morgan fingerprint density at radius 3 is 1.07 bits per heavy atom. The molecule has 0 fully saturated rings. The molecule has 1 heterocycles. The number of rotatable bonds is 3. The van der Waals surface area contributed by atoms with Crippen LogP contribution in [0.2, 0.25) is 0 Å². The quantitative estimate of drug-likeness (QED) is 0.116. The van der Waals surface area contributed by atoms with Crippen molar-refractivity contribution >= 4 is 10.9 Å². The number of aromatic amines is 1. The van der Waals surface area contributed by atoms with Gasteiger partial charge in [0.1, 0.15) is 5.82 Å². The third kappa shape index (κ3) is 3.96. The summed E-state index contributed by atoms with van der Waals surface area (Å²) < 4.78 is 229. The first-order valence-corrected chi connectivity index (χ1v) is 10.9. The summed E-state index contributed by atoms with van der Waals surface area (Å²) in [6.45, 7) is 0. The van der Waals surface area contributed by atoms with Crippen molar-refractivity contribution < 1.29 is 70.2 Å². The molecule has 17 heteroatoms. The number of nitrogens with one attached hydrogen (secondary N) is 1. The first-order chi connectivity index (χ1) is 20.0. The van der Waals surface area contributed by atoms with E-state index in [1.54, 1.807) is 6.20 Å². The highest BCUT2D eigenvalue weighted by atomic mass is 19.2. The molecule has 0 saturated heterocycles. The molecule has 0 aliphatic heterocycles. The number of halogens is 16. The molecule has 4 aromatic carbocycles. The summed E-state index contributed by atoms with van der Waals surface area (Å²) in [6.07, 6.45) is 1.71. The van der Waals surface area contributed by atoms with Gasteiger partial charge in [-0.2, -0.15) is 0 Å². The first-order valence-electron chi connectivity index (χ1n) is 10.9. The Bertz CT molecular complexity index is 1960. The van der Waals surface area contributed by atoms with Crippen LogP contribution in [0.25, 0.3) is 44.3 Å². The van der Waals surface area contributed by atoms with E-state index in [1.807, 2.05) is 4.98 Å². The van der Waals surface area contributed by atoms with Gasteiger partial charge in [-0.3, -0.25) is 0 Å². The third-order valence-electron chi connectivity index (χ3n) is 6.23. The van der Waals surface area contributed by atoms with E-state index in [-0.39, 0.29) is 6.07 Å². The van der Waals surface area contributed by atoms with Gasteiger partial charge in [-0.15, -0.1) is 0 Å². The van der Waals surface area contributed by atoms with Crippen LogP contribution in [0.3, 0.4) is 0 Å². The van der Waals surface area contributed by atoms with Gasteiger partial charge in [0.15, 0.2) is 69.8 Å². The van der Waals surface area contributed by atoms with Gasteiger partial charge in [-0.05, 0) is 6.07 Å². The third-order valence-corrected chi connectivity index (χ3v) is 6.23. The second-order valence-corrected chi connectivity index (χ2v) is 8.50. The van der Waals surface area contributed by atoms with Gasteiger partial charge in [-0.1, -0.05) is 0 Å². The molecule has 1 nitrogen and oxygen atoms in total. The lowest BCUT2D eigenvalue weighted by atomic mass is 9.90. The Hall–Kier alpha value is -4.70. The van der Waals surface area contributed by atoms with E-state index in [2.05, 4.69) is 0 Å². The van der Waals surface area contributed by atoms with Crippen molar-refractivity contribution in [3.63, 3.8) is 0 Å². The van der Waals surface area contributed by atoms with Crippen LogP contribution in [0.1, 0.15) is 0 Å². The van der Waals surface area contributed by atoms with E-state index in [0.29, 0.717) is 0 Å².